The van der Waals surface area contributed by atoms with Crippen LogP contribution in [-0.2, 0) is 4.79 Å². The van der Waals surface area contributed by atoms with E-state index in [1.807, 2.05) is 13.8 Å². The molecule has 0 aliphatic rings. The van der Waals surface area contributed by atoms with E-state index in [2.05, 4.69) is 5.32 Å². The number of carbonyl (C=O) groups is 1. The lowest BCUT2D eigenvalue weighted by molar-refractivity contribution is -0.114. The number of likely N-dealkylation sites (N-methyl/N-ethyl adjacent to an activating group) is 1. The maximum absolute atomic E-state index is 9.60. The van der Waals surface area contributed by atoms with Crippen LogP contribution in [0.4, 0.5) is 0 Å². The first-order chi connectivity index (χ1) is 4.31. The SMILES string of the molecule is CC.CNCC(O)C=O. The van der Waals surface area contributed by atoms with Crippen LogP contribution >= 0.6 is 0 Å². The highest BCUT2D eigenvalue weighted by Crippen LogP contribution is 1.67. The van der Waals surface area contributed by atoms with E-state index in [-0.39, 0.29) is 0 Å². The van der Waals surface area contributed by atoms with Gasteiger partial charge in [0.2, 0.25) is 0 Å². The minimum atomic E-state index is -0.843. The Morgan fingerprint density at radius 3 is 2.22 bits per heavy atom. The van der Waals surface area contributed by atoms with E-state index in [9.17, 15) is 4.79 Å². The van der Waals surface area contributed by atoms with Crippen LogP contribution in [0.25, 0.3) is 0 Å². The third-order valence-electron chi connectivity index (χ3n) is 0.570. The minimum absolute atomic E-state index is 0.337. The van der Waals surface area contributed by atoms with Gasteiger partial charge in [-0.3, -0.25) is 0 Å². The first-order valence-corrected chi connectivity index (χ1v) is 3.09. The molecule has 0 amide bonds. The number of hydrogen-bond donors (Lipinski definition) is 2. The van der Waals surface area contributed by atoms with Gasteiger partial charge < -0.3 is 15.2 Å². The van der Waals surface area contributed by atoms with Crippen LogP contribution in [0.5, 0.6) is 0 Å². The summed E-state index contributed by atoms with van der Waals surface area (Å²) >= 11 is 0. The normalized spacial score (nSPS) is 11.1. The molecule has 0 heterocycles. The molecular weight excluding hydrogens is 118 g/mol. The number of nitrogens with one attached hydrogen (secondary N) is 1. The van der Waals surface area contributed by atoms with Gasteiger partial charge in [0.15, 0.2) is 0 Å². The molecule has 0 saturated carbocycles. The molecule has 0 radical (unpaired) electrons. The maximum Gasteiger partial charge on any atom is 0.149 e. The van der Waals surface area contributed by atoms with Crippen molar-refractivity contribution < 1.29 is 9.90 Å². The van der Waals surface area contributed by atoms with Crippen LogP contribution in [0.2, 0.25) is 0 Å². The zero-order valence-electron chi connectivity index (χ0n) is 6.22. The summed E-state index contributed by atoms with van der Waals surface area (Å²) in [6.45, 7) is 4.34. The fraction of sp³-hybridized carbons (Fsp3) is 0.833. The molecule has 0 bridgehead atoms. The molecule has 9 heavy (non-hydrogen) atoms. The Kier molecular flexibility index (Phi) is 13.4. The number of rotatable bonds is 3. The largest absolute Gasteiger partial charge is 0.384 e. The Morgan fingerprint density at radius 1 is 1.67 bits per heavy atom. The van der Waals surface area contributed by atoms with Crippen molar-refractivity contribution in [3.63, 3.8) is 0 Å². The van der Waals surface area contributed by atoms with Crippen LogP contribution in [0, 0.1) is 0 Å². The van der Waals surface area contributed by atoms with Crippen molar-refractivity contribution in [2.75, 3.05) is 13.6 Å². The zero-order chi connectivity index (χ0) is 7.70. The van der Waals surface area contributed by atoms with Crippen molar-refractivity contribution in [1.82, 2.24) is 5.32 Å². The third-order valence-corrected chi connectivity index (χ3v) is 0.570. The molecule has 0 saturated heterocycles. The van der Waals surface area contributed by atoms with Gasteiger partial charge in [-0.15, -0.1) is 0 Å². The molecule has 3 heteroatoms. The zero-order valence-corrected chi connectivity index (χ0v) is 6.22. The Morgan fingerprint density at radius 2 is 2.11 bits per heavy atom. The second kappa shape index (κ2) is 10.5. The molecule has 0 fully saturated rings. The molecule has 0 aromatic carbocycles. The smallest absolute Gasteiger partial charge is 0.149 e. The summed E-state index contributed by atoms with van der Waals surface area (Å²) in [4.78, 5) is 9.60. The molecule has 1 atom stereocenters. The summed E-state index contributed by atoms with van der Waals surface area (Å²) in [5.74, 6) is 0. The van der Waals surface area contributed by atoms with E-state index >= 15 is 0 Å². The van der Waals surface area contributed by atoms with E-state index in [1.54, 1.807) is 7.05 Å². The van der Waals surface area contributed by atoms with Crippen molar-refractivity contribution in [3.8, 4) is 0 Å². The van der Waals surface area contributed by atoms with Gasteiger partial charge in [0.05, 0.1) is 0 Å². The topological polar surface area (TPSA) is 49.3 Å². The van der Waals surface area contributed by atoms with Crippen LogP contribution < -0.4 is 5.32 Å². The van der Waals surface area contributed by atoms with Gasteiger partial charge in [0.25, 0.3) is 0 Å². The van der Waals surface area contributed by atoms with E-state index in [0.29, 0.717) is 12.8 Å². The highest BCUT2D eigenvalue weighted by atomic mass is 16.3. The molecule has 3 nitrogen and oxygen atoms in total. The van der Waals surface area contributed by atoms with Crippen LogP contribution in [0.1, 0.15) is 13.8 Å². The van der Waals surface area contributed by atoms with E-state index < -0.39 is 6.10 Å². The van der Waals surface area contributed by atoms with Gasteiger partial charge in [-0.2, -0.15) is 0 Å². The number of hydrogen-bond acceptors (Lipinski definition) is 3. The van der Waals surface area contributed by atoms with Crippen molar-refractivity contribution in [3.05, 3.63) is 0 Å². The maximum atomic E-state index is 9.60. The predicted molar refractivity (Wildman–Crippen MR) is 37.3 cm³/mol. The lowest BCUT2D eigenvalue weighted by Gasteiger charge is -1.96. The van der Waals surface area contributed by atoms with Gasteiger partial charge in [0.1, 0.15) is 12.4 Å². The van der Waals surface area contributed by atoms with Gasteiger partial charge in [-0.05, 0) is 7.05 Å². The molecule has 0 aromatic heterocycles. The molecule has 56 valence electrons. The first kappa shape index (κ1) is 11.4. The predicted octanol–water partition coefficient (Wildman–Crippen LogP) is -0.208. The van der Waals surface area contributed by atoms with Crippen LogP contribution in [0.3, 0.4) is 0 Å². The average molecular weight is 133 g/mol. The summed E-state index contributed by atoms with van der Waals surface area (Å²) in [5.41, 5.74) is 0. The molecule has 0 aliphatic heterocycles. The van der Waals surface area contributed by atoms with Gasteiger partial charge in [0, 0.05) is 6.54 Å². The van der Waals surface area contributed by atoms with Crippen molar-refractivity contribution in [2.45, 2.75) is 20.0 Å². The summed E-state index contributed by atoms with van der Waals surface area (Å²) in [7, 11) is 1.67. The molecule has 0 aliphatic carbocycles. The number of aldehydes is 1. The van der Waals surface area contributed by atoms with Crippen molar-refractivity contribution >= 4 is 6.29 Å². The Hall–Kier alpha value is -0.410. The van der Waals surface area contributed by atoms with Gasteiger partial charge >= 0.3 is 0 Å². The summed E-state index contributed by atoms with van der Waals surface area (Å²) in [6, 6.07) is 0. The van der Waals surface area contributed by atoms with Crippen LogP contribution in [-0.4, -0.2) is 31.1 Å². The highest BCUT2D eigenvalue weighted by molar-refractivity contribution is 5.55. The second-order valence-corrected chi connectivity index (χ2v) is 1.26. The van der Waals surface area contributed by atoms with Crippen molar-refractivity contribution in [2.24, 2.45) is 0 Å². The second-order valence-electron chi connectivity index (χ2n) is 1.26. The van der Waals surface area contributed by atoms with E-state index in [1.165, 1.54) is 0 Å². The summed E-state index contributed by atoms with van der Waals surface area (Å²) in [5, 5.41) is 11.1. The number of aliphatic hydroxyl groups excluding tert-OH is 1. The first-order valence-electron chi connectivity index (χ1n) is 3.09. The fourth-order valence-electron chi connectivity index (χ4n) is 0.257. The third kappa shape index (κ3) is 11.3. The standard InChI is InChI=1S/C4H9NO2.C2H6/c1-5-2-4(7)3-6;1-2/h3-5,7H,2H2,1H3;1-2H3. The molecule has 1 unspecified atom stereocenters. The number of aliphatic hydroxyl groups is 1. The lowest BCUT2D eigenvalue weighted by Crippen LogP contribution is -2.24. The number of carbonyl (C=O) groups excluding carboxylic acids is 1. The molecular formula is C6H15NO2. The fourth-order valence-corrected chi connectivity index (χ4v) is 0.257. The molecule has 0 rings (SSSR count). The van der Waals surface area contributed by atoms with Crippen LogP contribution in [0.15, 0.2) is 0 Å². The van der Waals surface area contributed by atoms with Crippen molar-refractivity contribution in [1.29, 1.82) is 0 Å². The monoisotopic (exact) mass is 133 g/mol. The summed E-state index contributed by atoms with van der Waals surface area (Å²) in [6.07, 6.45) is -0.346. The molecule has 2 N–H and O–H groups in total. The van der Waals surface area contributed by atoms with Gasteiger partial charge in [-0.1, -0.05) is 13.8 Å². The summed E-state index contributed by atoms with van der Waals surface area (Å²) < 4.78 is 0. The minimum Gasteiger partial charge on any atom is -0.384 e. The molecule has 0 spiro atoms. The van der Waals surface area contributed by atoms with Gasteiger partial charge in [-0.25, -0.2) is 0 Å². The van der Waals surface area contributed by atoms with E-state index in [0.717, 1.165) is 0 Å². The van der Waals surface area contributed by atoms with E-state index in [4.69, 9.17) is 5.11 Å². The lowest BCUT2D eigenvalue weighted by atomic mass is 10.4. The Balaban J connectivity index is 0. The highest BCUT2D eigenvalue weighted by Gasteiger charge is 1.94. The average Bonchev–Trinajstić information content (AvgIpc) is 1.93. The Bertz CT molecular complexity index is 57.0. The quantitative estimate of drug-likeness (QED) is 0.524. The molecule has 0 aromatic rings. The Labute approximate surface area is 56.1 Å².